The molecule has 0 saturated carbocycles. The Morgan fingerprint density at radius 2 is 2.05 bits per heavy atom. The lowest BCUT2D eigenvalue weighted by Crippen LogP contribution is -2.52. The van der Waals surface area contributed by atoms with E-state index in [0.717, 1.165) is 44.8 Å². The number of carbonyl (C=O) groups excluding carboxylic acids is 1. The molecule has 0 aliphatic carbocycles. The lowest BCUT2D eigenvalue weighted by molar-refractivity contribution is 0.0429. The van der Waals surface area contributed by atoms with Gasteiger partial charge in [-0.1, -0.05) is 6.07 Å². The molecule has 1 aromatic carbocycles. The van der Waals surface area contributed by atoms with Gasteiger partial charge in [-0.3, -0.25) is 4.79 Å². The van der Waals surface area contributed by atoms with Crippen LogP contribution in [0.5, 0.6) is 0 Å². The lowest BCUT2D eigenvalue weighted by atomic mass is 9.74. The molecule has 1 spiro atoms. The molecule has 2 saturated heterocycles. The van der Waals surface area contributed by atoms with Crippen LogP contribution in [0.25, 0.3) is 0 Å². The summed E-state index contributed by atoms with van der Waals surface area (Å²) in [5, 5.41) is 3.39. The quantitative estimate of drug-likeness (QED) is 0.863. The molecular formula is C16H20F2N2O. The van der Waals surface area contributed by atoms with Crippen LogP contribution in [0.2, 0.25) is 0 Å². The Balaban J connectivity index is 1.79. The van der Waals surface area contributed by atoms with Crippen molar-refractivity contribution in [2.24, 2.45) is 5.41 Å². The summed E-state index contributed by atoms with van der Waals surface area (Å²) in [4.78, 5) is 14.2. The van der Waals surface area contributed by atoms with Crippen LogP contribution in [-0.4, -0.2) is 37.0 Å². The monoisotopic (exact) mass is 294 g/mol. The Hall–Kier alpha value is -1.49. The lowest BCUT2D eigenvalue weighted by Gasteiger charge is -2.45. The third kappa shape index (κ3) is 2.79. The summed E-state index contributed by atoms with van der Waals surface area (Å²) in [6.07, 6.45) is 4.21. The van der Waals surface area contributed by atoms with Crippen molar-refractivity contribution in [2.45, 2.75) is 25.7 Å². The number of rotatable bonds is 1. The molecule has 3 nitrogen and oxygen atoms in total. The molecule has 1 unspecified atom stereocenters. The zero-order chi connectivity index (χ0) is 14.9. The minimum Gasteiger partial charge on any atom is -0.338 e. The van der Waals surface area contributed by atoms with Crippen LogP contribution in [0.1, 0.15) is 36.0 Å². The fourth-order valence-corrected chi connectivity index (χ4v) is 3.60. The number of carbonyl (C=O) groups is 1. The maximum atomic E-state index is 13.8. The first-order valence-electron chi connectivity index (χ1n) is 7.55. The Morgan fingerprint density at radius 3 is 2.81 bits per heavy atom. The van der Waals surface area contributed by atoms with Crippen molar-refractivity contribution >= 4 is 5.91 Å². The van der Waals surface area contributed by atoms with Crippen molar-refractivity contribution < 1.29 is 13.6 Å². The van der Waals surface area contributed by atoms with E-state index >= 15 is 0 Å². The average molecular weight is 294 g/mol. The molecule has 21 heavy (non-hydrogen) atoms. The van der Waals surface area contributed by atoms with Gasteiger partial charge in [-0.15, -0.1) is 0 Å². The van der Waals surface area contributed by atoms with Crippen LogP contribution in [0, 0.1) is 17.0 Å². The maximum absolute atomic E-state index is 13.8. The molecule has 2 fully saturated rings. The van der Waals surface area contributed by atoms with Crippen LogP contribution < -0.4 is 5.32 Å². The number of likely N-dealkylation sites (tertiary alicyclic amines) is 1. The average Bonchev–Trinajstić information content (AvgIpc) is 2.50. The van der Waals surface area contributed by atoms with Crippen LogP contribution in [0.15, 0.2) is 18.2 Å². The van der Waals surface area contributed by atoms with E-state index in [1.807, 2.05) is 0 Å². The van der Waals surface area contributed by atoms with Crippen LogP contribution in [-0.2, 0) is 0 Å². The van der Waals surface area contributed by atoms with Crippen molar-refractivity contribution in [3.63, 3.8) is 0 Å². The van der Waals surface area contributed by atoms with Gasteiger partial charge in [0.25, 0.3) is 5.91 Å². The third-order valence-electron chi connectivity index (χ3n) is 4.69. The van der Waals surface area contributed by atoms with Crippen molar-refractivity contribution in [2.75, 3.05) is 26.2 Å². The van der Waals surface area contributed by atoms with Crippen LogP contribution in [0.3, 0.4) is 0 Å². The Labute approximate surface area is 123 Å². The van der Waals surface area contributed by atoms with E-state index in [1.54, 1.807) is 4.90 Å². The zero-order valence-electron chi connectivity index (χ0n) is 12.0. The molecule has 2 aliphatic rings. The van der Waals surface area contributed by atoms with Gasteiger partial charge in [0.15, 0.2) is 11.6 Å². The van der Waals surface area contributed by atoms with E-state index in [4.69, 9.17) is 0 Å². The van der Waals surface area contributed by atoms with Gasteiger partial charge < -0.3 is 10.2 Å². The van der Waals surface area contributed by atoms with Gasteiger partial charge in [-0.25, -0.2) is 8.78 Å². The number of halogens is 2. The standard InChI is InChI=1S/C16H20F2N2O/c17-13-5-1-4-12(14(13)18)15(21)20-9-3-7-16(11-20)6-2-8-19-10-16/h1,4-5,19H,2-3,6-11H2. The molecular weight excluding hydrogens is 274 g/mol. The summed E-state index contributed by atoms with van der Waals surface area (Å²) in [7, 11) is 0. The largest absolute Gasteiger partial charge is 0.338 e. The highest BCUT2D eigenvalue weighted by Gasteiger charge is 2.38. The van der Waals surface area contributed by atoms with Crippen molar-refractivity contribution in [1.82, 2.24) is 10.2 Å². The third-order valence-corrected chi connectivity index (χ3v) is 4.69. The highest BCUT2D eigenvalue weighted by Crippen LogP contribution is 2.36. The number of nitrogens with one attached hydrogen (secondary N) is 1. The number of hydrogen-bond acceptors (Lipinski definition) is 2. The van der Waals surface area contributed by atoms with Gasteiger partial charge in [0.2, 0.25) is 0 Å². The molecule has 1 atom stereocenters. The van der Waals surface area contributed by atoms with E-state index in [2.05, 4.69) is 5.32 Å². The second-order valence-electron chi connectivity index (χ2n) is 6.21. The first-order chi connectivity index (χ1) is 10.1. The van der Waals surface area contributed by atoms with E-state index in [0.29, 0.717) is 13.1 Å². The maximum Gasteiger partial charge on any atom is 0.256 e. The molecule has 0 aromatic heterocycles. The van der Waals surface area contributed by atoms with E-state index in [-0.39, 0.29) is 11.0 Å². The fraction of sp³-hybridized carbons (Fsp3) is 0.562. The molecule has 114 valence electrons. The van der Waals surface area contributed by atoms with Crippen LogP contribution in [0.4, 0.5) is 8.78 Å². The summed E-state index contributed by atoms with van der Waals surface area (Å²) in [5.41, 5.74) is -0.0495. The smallest absolute Gasteiger partial charge is 0.256 e. The highest BCUT2D eigenvalue weighted by atomic mass is 19.2. The van der Waals surface area contributed by atoms with Gasteiger partial charge in [0, 0.05) is 25.0 Å². The van der Waals surface area contributed by atoms with Gasteiger partial charge >= 0.3 is 0 Å². The topological polar surface area (TPSA) is 32.3 Å². The predicted molar refractivity (Wildman–Crippen MR) is 76.0 cm³/mol. The fourth-order valence-electron chi connectivity index (χ4n) is 3.60. The summed E-state index contributed by atoms with van der Waals surface area (Å²) in [6, 6.07) is 3.78. The minimum absolute atomic E-state index is 0.107. The van der Waals surface area contributed by atoms with E-state index in [1.165, 1.54) is 12.1 Å². The van der Waals surface area contributed by atoms with Crippen molar-refractivity contribution in [1.29, 1.82) is 0 Å². The first-order valence-corrected chi connectivity index (χ1v) is 7.55. The zero-order valence-corrected chi connectivity index (χ0v) is 12.0. The summed E-state index contributed by atoms with van der Waals surface area (Å²) in [5.74, 6) is -2.40. The Morgan fingerprint density at radius 1 is 1.24 bits per heavy atom. The second-order valence-corrected chi connectivity index (χ2v) is 6.21. The predicted octanol–water partition coefficient (Wildman–Crippen LogP) is 2.57. The van der Waals surface area contributed by atoms with E-state index in [9.17, 15) is 13.6 Å². The molecule has 2 aliphatic heterocycles. The molecule has 1 amide bonds. The number of piperidine rings is 2. The molecule has 3 rings (SSSR count). The summed E-state index contributed by atoms with van der Waals surface area (Å²) in [6.45, 7) is 3.18. The first kappa shape index (κ1) is 14.4. The normalized spacial score (nSPS) is 26.1. The highest BCUT2D eigenvalue weighted by molar-refractivity contribution is 5.94. The Kier molecular flexibility index (Phi) is 3.93. The number of nitrogens with zero attached hydrogens (tertiary/aromatic N) is 1. The number of hydrogen-bond donors (Lipinski definition) is 1. The van der Waals surface area contributed by atoms with Crippen molar-refractivity contribution in [3.05, 3.63) is 35.4 Å². The minimum atomic E-state index is -1.04. The number of amides is 1. The Bertz CT molecular complexity index is 536. The van der Waals surface area contributed by atoms with Gasteiger partial charge in [-0.05, 0) is 44.4 Å². The number of benzene rings is 1. The summed E-state index contributed by atoms with van der Waals surface area (Å²) >= 11 is 0. The van der Waals surface area contributed by atoms with E-state index < -0.39 is 17.5 Å². The molecule has 0 bridgehead atoms. The SMILES string of the molecule is O=C(c1cccc(F)c1F)N1CCCC2(CCCNC2)C1. The molecule has 2 heterocycles. The molecule has 1 aromatic rings. The van der Waals surface area contributed by atoms with Gasteiger partial charge in [-0.2, -0.15) is 0 Å². The van der Waals surface area contributed by atoms with Crippen LogP contribution >= 0.6 is 0 Å². The molecule has 5 heteroatoms. The second kappa shape index (κ2) is 5.72. The van der Waals surface area contributed by atoms with Crippen molar-refractivity contribution in [3.8, 4) is 0 Å². The van der Waals surface area contributed by atoms with Gasteiger partial charge in [0.05, 0.1) is 5.56 Å². The molecule has 1 N–H and O–H groups in total. The molecule has 0 radical (unpaired) electrons. The summed E-state index contributed by atoms with van der Waals surface area (Å²) < 4.78 is 27.1. The van der Waals surface area contributed by atoms with Gasteiger partial charge in [0.1, 0.15) is 0 Å².